The van der Waals surface area contributed by atoms with E-state index < -0.39 is 0 Å². The highest BCUT2D eigenvalue weighted by Gasteiger charge is 2.34. The molecule has 0 amide bonds. The van der Waals surface area contributed by atoms with Crippen LogP contribution >= 0.6 is 0 Å². The van der Waals surface area contributed by atoms with Crippen LogP contribution in [0.3, 0.4) is 0 Å². The Morgan fingerprint density at radius 1 is 1.17 bits per heavy atom. The lowest BCUT2D eigenvalue weighted by molar-refractivity contribution is 0.108. The number of nitrogens with one attached hydrogen (secondary N) is 1. The maximum atomic E-state index is 5.21. The monoisotopic (exact) mass is 248 g/mol. The minimum absolute atomic E-state index is 0.305. The second-order valence-corrected chi connectivity index (χ2v) is 5.39. The average molecular weight is 248 g/mol. The van der Waals surface area contributed by atoms with Gasteiger partial charge in [-0.25, -0.2) is 0 Å². The standard InChI is InChI=1S/C15H24N2O/c1-17(2)15(8-10-16-11-9-15)12-13-4-6-14(18-3)7-5-13/h4-7,16H,8-12H2,1-3H3. The normalized spacial score (nSPS) is 18.9. The Morgan fingerprint density at radius 3 is 2.28 bits per heavy atom. The fraction of sp³-hybridized carbons (Fsp3) is 0.600. The van der Waals surface area contributed by atoms with E-state index >= 15 is 0 Å². The molecule has 18 heavy (non-hydrogen) atoms. The summed E-state index contributed by atoms with van der Waals surface area (Å²) in [4.78, 5) is 2.40. The van der Waals surface area contributed by atoms with Gasteiger partial charge in [0.25, 0.3) is 0 Å². The zero-order valence-electron chi connectivity index (χ0n) is 11.7. The first-order valence-electron chi connectivity index (χ1n) is 6.67. The molecule has 0 bridgehead atoms. The van der Waals surface area contributed by atoms with Crippen LogP contribution in [0.2, 0.25) is 0 Å². The number of ether oxygens (including phenoxy) is 1. The quantitative estimate of drug-likeness (QED) is 0.881. The molecule has 1 aromatic carbocycles. The number of rotatable bonds is 4. The third-order valence-electron chi connectivity index (χ3n) is 4.18. The van der Waals surface area contributed by atoms with Crippen molar-refractivity contribution in [1.82, 2.24) is 10.2 Å². The van der Waals surface area contributed by atoms with Crippen LogP contribution in [0.1, 0.15) is 18.4 Å². The van der Waals surface area contributed by atoms with E-state index in [1.165, 1.54) is 18.4 Å². The van der Waals surface area contributed by atoms with Crippen LogP contribution < -0.4 is 10.1 Å². The van der Waals surface area contributed by atoms with Gasteiger partial charge in [-0.1, -0.05) is 12.1 Å². The molecule has 1 aliphatic rings. The average Bonchev–Trinajstić information content (AvgIpc) is 2.40. The predicted octanol–water partition coefficient (Wildman–Crippen LogP) is 1.92. The highest BCUT2D eigenvalue weighted by molar-refractivity contribution is 5.28. The van der Waals surface area contributed by atoms with Crippen molar-refractivity contribution in [1.29, 1.82) is 0 Å². The summed E-state index contributed by atoms with van der Waals surface area (Å²) in [7, 11) is 6.12. The molecule has 0 radical (unpaired) electrons. The molecule has 0 spiro atoms. The van der Waals surface area contributed by atoms with Gasteiger partial charge < -0.3 is 15.0 Å². The van der Waals surface area contributed by atoms with E-state index in [1.54, 1.807) is 7.11 Å². The fourth-order valence-corrected chi connectivity index (χ4v) is 2.80. The number of likely N-dealkylation sites (N-methyl/N-ethyl adjacent to an activating group) is 1. The van der Waals surface area contributed by atoms with Crippen LogP contribution in [-0.2, 0) is 6.42 Å². The summed E-state index contributed by atoms with van der Waals surface area (Å²) in [5, 5.41) is 3.45. The van der Waals surface area contributed by atoms with E-state index in [-0.39, 0.29) is 0 Å². The molecule has 3 nitrogen and oxygen atoms in total. The Labute approximate surface area is 110 Å². The van der Waals surface area contributed by atoms with Crippen molar-refractivity contribution < 1.29 is 4.74 Å². The molecule has 1 saturated heterocycles. The van der Waals surface area contributed by atoms with Crippen molar-refractivity contribution in [2.75, 3.05) is 34.3 Å². The highest BCUT2D eigenvalue weighted by Crippen LogP contribution is 2.29. The summed E-state index contributed by atoms with van der Waals surface area (Å²) in [5.74, 6) is 0.933. The Bertz CT molecular complexity index is 367. The molecule has 1 aromatic rings. The van der Waals surface area contributed by atoms with Gasteiger partial charge in [0.1, 0.15) is 5.75 Å². The topological polar surface area (TPSA) is 24.5 Å². The summed E-state index contributed by atoms with van der Waals surface area (Å²) in [6, 6.07) is 8.48. The van der Waals surface area contributed by atoms with Crippen LogP contribution in [0, 0.1) is 0 Å². The Balaban J connectivity index is 2.12. The van der Waals surface area contributed by atoms with Gasteiger partial charge in [0, 0.05) is 5.54 Å². The first-order valence-corrected chi connectivity index (χ1v) is 6.67. The molecule has 2 rings (SSSR count). The van der Waals surface area contributed by atoms with Gasteiger partial charge in [-0.15, -0.1) is 0 Å². The minimum atomic E-state index is 0.305. The van der Waals surface area contributed by atoms with Gasteiger partial charge in [-0.3, -0.25) is 0 Å². The van der Waals surface area contributed by atoms with E-state index in [1.807, 2.05) is 0 Å². The van der Waals surface area contributed by atoms with Crippen molar-refractivity contribution >= 4 is 0 Å². The third-order valence-corrected chi connectivity index (χ3v) is 4.18. The van der Waals surface area contributed by atoms with Gasteiger partial charge in [-0.05, 0) is 64.1 Å². The van der Waals surface area contributed by atoms with E-state index in [9.17, 15) is 0 Å². The zero-order valence-corrected chi connectivity index (χ0v) is 11.7. The molecule has 0 atom stereocenters. The van der Waals surface area contributed by atoms with E-state index in [2.05, 4.69) is 48.6 Å². The van der Waals surface area contributed by atoms with Crippen molar-refractivity contribution in [3.63, 3.8) is 0 Å². The summed E-state index contributed by atoms with van der Waals surface area (Å²) in [6.45, 7) is 2.24. The minimum Gasteiger partial charge on any atom is -0.497 e. The third kappa shape index (κ3) is 2.85. The molecule has 100 valence electrons. The van der Waals surface area contributed by atoms with Gasteiger partial charge >= 0.3 is 0 Å². The Hall–Kier alpha value is -1.06. The Morgan fingerprint density at radius 2 is 1.78 bits per heavy atom. The highest BCUT2D eigenvalue weighted by atomic mass is 16.5. The van der Waals surface area contributed by atoms with Crippen LogP contribution in [0.4, 0.5) is 0 Å². The van der Waals surface area contributed by atoms with Crippen LogP contribution in [0.5, 0.6) is 5.75 Å². The predicted molar refractivity (Wildman–Crippen MR) is 75.2 cm³/mol. The van der Waals surface area contributed by atoms with E-state index in [0.29, 0.717) is 5.54 Å². The van der Waals surface area contributed by atoms with Crippen molar-refractivity contribution in [2.24, 2.45) is 0 Å². The molecule has 3 heteroatoms. The van der Waals surface area contributed by atoms with Crippen molar-refractivity contribution in [3.05, 3.63) is 29.8 Å². The van der Waals surface area contributed by atoms with Crippen molar-refractivity contribution in [2.45, 2.75) is 24.8 Å². The molecular formula is C15H24N2O. The van der Waals surface area contributed by atoms with E-state index in [4.69, 9.17) is 4.74 Å². The van der Waals surface area contributed by atoms with Gasteiger partial charge in [-0.2, -0.15) is 0 Å². The van der Waals surface area contributed by atoms with E-state index in [0.717, 1.165) is 25.3 Å². The lowest BCUT2D eigenvalue weighted by Crippen LogP contribution is -2.53. The molecule has 0 saturated carbocycles. The second-order valence-electron chi connectivity index (χ2n) is 5.39. The maximum absolute atomic E-state index is 5.21. The van der Waals surface area contributed by atoms with Gasteiger partial charge in [0.2, 0.25) is 0 Å². The number of benzene rings is 1. The van der Waals surface area contributed by atoms with Crippen LogP contribution in [0.25, 0.3) is 0 Å². The lowest BCUT2D eigenvalue weighted by Gasteiger charge is -2.43. The first kappa shape index (κ1) is 13.4. The number of methoxy groups -OCH3 is 1. The zero-order chi connectivity index (χ0) is 13.0. The SMILES string of the molecule is COc1ccc(CC2(N(C)C)CCNCC2)cc1. The summed E-state index contributed by atoms with van der Waals surface area (Å²) in [6.07, 6.45) is 3.55. The Kier molecular flexibility index (Phi) is 4.25. The molecule has 1 fully saturated rings. The lowest BCUT2D eigenvalue weighted by atomic mass is 9.81. The van der Waals surface area contributed by atoms with Crippen LogP contribution in [0.15, 0.2) is 24.3 Å². The number of nitrogens with zero attached hydrogens (tertiary/aromatic N) is 1. The molecule has 1 aliphatic heterocycles. The van der Waals surface area contributed by atoms with Crippen LogP contribution in [-0.4, -0.2) is 44.7 Å². The molecule has 1 heterocycles. The summed E-state index contributed by atoms with van der Waals surface area (Å²) in [5.41, 5.74) is 1.70. The summed E-state index contributed by atoms with van der Waals surface area (Å²) >= 11 is 0. The molecule has 1 N–H and O–H groups in total. The number of piperidine rings is 1. The maximum Gasteiger partial charge on any atom is 0.118 e. The number of hydrogen-bond acceptors (Lipinski definition) is 3. The first-order chi connectivity index (χ1) is 8.66. The van der Waals surface area contributed by atoms with Gasteiger partial charge in [0.05, 0.1) is 7.11 Å². The molecular weight excluding hydrogens is 224 g/mol. The molecule has 0 aromatic heterocycles. The molecule has 0 aliphatic carbocycles. The second kappa shape index (κ2) is 5.72. The fourth-order valence-electron chi connectivity index (χ4n) is 2.80. The summed E-state index contributed by atoms with van der Waals surface area (Å²) < 4.78 is 5.21. The smallest absolute Gasteiger partial charge is 0.118 e. The van der Waals surface area contributed by atoms with Gasteiger partial charge in [0.15, 0.2) is 0 Å². The van der Waals surface area contributed by atoms with Crippen molar-refractivity contribution in [3.8, 4) is 5.75 Å². The number of hydrogen-bond donors (Lipinski definition) is 1. The molecule has 0 unspecified atom stereocenters. The largest absolute Gasteiger partial charge is 0.497 e.